The van der Waals surface area contributed by atoms with Gasteiger partial charge in [0.1, 0.15) is 5.69 Å². The zero-order valence-electron chi connectivity index (χ0n) is 9.47. The second kappa shape index (κ2) is 5.36. The van der Waals surface area contributed by atoms with Crippen molar-refractivity contribution in [2.24, 2.45) is 5.14 Å². The van der Waals surface area contributed by atoms with Gasteiger partial charge >= 0.3 is 12.0 Å². The van der Waals surface area contributed by atoms with Gasteiger partial charge in [0.2, 0.25) is 15.8 Å². The van der Waals surface area contributed by atoms with Gasteiger partial charge < -0.3 is 4.74 Å². The predicted molar refractivity (Wildman–Crippen MR) is 53.9 cm³/mol. The van der Waals surface area contributed by atoms with E-state index in [2.05, 4.69) is 14.9 Å². The molecule has 1 aromatic rings. The van der Waals surface area contributed by atoms with Crippen molar-refractivity contribution in [3.8, 4) is 5.75 Å². The summed E-state index contributed by atoms with van der Waals surface area (Å²) in [5.74, 6) is -1.68. The molecule has 0 aromatic carbocycles. The Morgan fingerprint density at radius 2 is 1.90 bits per heavy atom. The lowest BCUT2D eigenvalue weighted by Crippen LogP contribution is -2.22. The van der Waals surface area contributed by atoms with E-state index in [1.54, 1.807) is 0 Å². The number of alkyl halides is 5. The molecule has 0 aliphatic carbocycles. The maximum Gasteiger partial charge on any atom is 0.573 e. The minimum Gasteiger partial charge on any atom is -0.397 e. The van der Waals surface area contributed by atoms with Crippen molar-refractivity contribution in [2.75, 3.05) is 0 Å². The van der Waals surface area contributed by atoms with Gasteiger partial charge in [0.15, 0.2) is 4.90 Å². The van der Waals surface area contributed by atoms with E-state index >= 15 is 0 Å². The minimum atomic E-state index is -5.44. The van der Waals surface area contributed by atoms with Crippen molar-refractivity contribution in [3.63, 3.8) is 0 Å². The normalized spacial score (nSPS) is 12.5. The lowest BCUT2D eigenvalue weighted by atomic mass is 10.3. The van der Waals surface area contributed by atoms with Crippen LogP contribution in [0, 0.1) is 10.1 Å². The fourth-order valence-corrected chi connectivity index (χ4v) is 2.17. The number of nitrogens with zero attached hydrogens (tertiary/aromatic N) is 2. The summed E-state index contributed by atoms with van der Waals surface area (Å²) in [6.45, 7) is 0. The Balaban J connectivity index is 3.77. The maximum atomic E-state index is 12.6. The topological polar surface area (TPSA) is 125 Å². The van der Waals surface area contributed by atoms with Crippen LogP contribution in [-0.4, -0.2) is 24.7 Å². The average Bonchev–Trinajstić information content (AvgIpc) is 2.23. The third-order valence-corrected chi connectivity index (χ3v) is 2.87. The van der Waals surface area contributed by atoms with E-state index in [-0.39, 0.29) is 6.20 Å². The number of halogens is 5. The first-order valence-corrected chi connectivity index (χ1v) is 6.13. The highest BCUT2D eigenvalue weighted by Gasteiger charge is 2.40. The molecule has 118 valence electrons. The van der Waals surface area contributed by atoms with Gasteiger partial charge in [-0.15, -0.1) is 13.2 Å². The van der Waals surface area contributed by atoms with Crippen molar-refractivity contribution in [3.05, 3.63) is 22.0 Å². The highest BCUT2D eigenvalue weighted by atomic mass is 32.2. The molecule has 1 heterocycles. The first-order chi connectivity index (χ1) is 9.34. The summed E-state index contributed by atoms with van der Waals surface area (Å²) in [6, 6.07) is 0. The van der Waals surface area contributed by atoms with Crippen LogP contribution in [0.1, 0.15) is 12.1 Å². The lowest BCUT2D eigenvalue weighted by Gasteiger charge is -2.12. The highest BCUT2D eigenvalue weighted by molar-refractivity contribution is 7.89. The van der Waals surface area contributed by atoms with Gasteiger partial charge in [0, 0.05) is 0 Å². The summed E-state index contributed by atoms with van der Waals surface area (Å²) in [7, 11) is -5.16. The maximum absolute atomic E-state index is 12.6. The van der Waals surface area contributed by atoms with Crippen molar-refractivity contribution in [1.82, 2.24) is 4.98 Å². The molecule has 0 fully saturated rings. The van der Waals surface area contributed by atoms with Crippen molar-refractivity contribution in [1.29, 1.82) is 0 Å². The molecule has 0 amide bonds. The van der Waals surface area contributed by atoms with Crippen molar-refractivity contribution in [2.45, 2.75) is 17.7 Å². The molecule has 0 aliphatic rings. The van der Waals surface area contributed by atoms with E-state index in [0.717, 1.165) is 0 Å². The monoisotopic (exact) mass is 337 g/mol. The molecule has 0 radical (unpaired) electrons. The van der Waals surface area contributed by atoms with Crippen LogP contribution in [0.2, 0.25) is 0 Å². The van der Waals surface area contributed by atoms with Crippen molar-refractivity contribution < 1.29 is 40.0 Å². The molecule has 14 heteroatoms. The Kier molecular flexibility index (Phi) is 4.33. The van der Waals surface area contributed by atoms with Crippen molar-refractivity contribution >= 4 is 15.7 Å². The summed E-state index contributed by atoms with van der Waals surface area (Å²) in [5, 5.41) is 15.2. The zero-order valence-corrected chi connectivity index (χ0v) is 10.3. The number of nitrogens with two attached hydrogens (primary N) is 1. The number of pyridine rings is 1. The van der Waals surface area contributed by atoms with E-state index in [0.29, 0.717) is 0 Å². The summed E-state index contributed by atoms with van der Waals surface area (Å²) in [4.78, 5) is 9.96. The first kappa shape index (κ1) is 17.0. The summed E-state index contributed by atoms with van der Waals surface area (Å²) in [5.41, 5.74) is -3.53. The van der Waals surface area contributed by atoms with Crippen LogP contribution in [0.3, 0.4) is 0 Å². The Morgan fingerprint density at radius 3 is 2.24 bits per heavy atom. The van der Waals surface area contributed by atoms with E-state index in [1.807, 2.05) is 0 Å². The minimum absolute atomic E-state index is 0.0399. The fraction of sp³-hybridized carbons (Fsp3) is 0.286. The van der Waals surface area contributed by atoms with Crippen LogP contribution >= 0.6 is 0 Å². The summed E-state index contributed by atoms with van der Waals surface area (Å²) < 4.78 is 86.9. The van der Waals surface area contributed by atoms with E-state index in [9.17, 15) is 40.5 Å². The van der Waals surface area contributed by atoms with E-state index in [4.69, 9.17) is 0 Å². The van der Waals surface area contributed by atoms with Gasteiger partial charge in [0.25, 0.3) is 6.43 Å². The number of primary sulfonamides is 1. The van der Waals surface area contributed by atoms with Crippen LogP contribution in [0.5, 0.6) is 5.75 Å². The molecule has 21 heavy (non-hydrogen) atoms. The Labute approximate surface area is 112 Å². The largest absolute Gasteiger partial charge is 0.573 e. The lowest BCUT2D eigenvalue weighted by molar-refractivity contribution is -0.391. The molecular formula is C7H4F5N3O5S. The highest BCUT2D eigenvalue weighted by Crippen LogP contribution is 2.39. The quantitative estimate of drug-likeness (QED) is 0.504. The molecule has 1 aromatic heterocycles. The molecular weight excluding hydrogens is 333 g/mol. The number of hydrogen-bond donors (Lipinski definition) is 1. The molecule has 1 rings (SSSR count). The molecule has 0 unspecified atom stereocenters. The number of rotatable bonds is 4. The third kappa shape index (κ3) is 3.94. The molecule has 8 nitrogen and oxygen atoms in total. The predicted octanol–water partition coefficient (Wildman–Crippen LogP) is 1.47. The van der Waals surface area contributed by atoms with Gasteiger partial charge in [-0.1, -0.05) is 0 Å². The van der Waals surface area contributed by atoms with Gasteiger partial charge in [-0.05, 0) is 0 Å². The third-order valence-electron chi connectivity index (χ3n) is 1.90. The molecule has 2 N–H and O–H groups in total. The average molecular weight is 337 g/mol. The van der Waals surface area contributed by atoms with Crippen LogP contribution < -0.4 is 9.88 Å². The summed E-state index contributed by atoms with van der Waals surface area (Å²) in [6.07, 6.45) is -9.10. The molecule has 0 aliphatic heterocycles. The molecule has 0 atom stereocenters. The molecule has 0 saturated carbocycles. The Hall–Kier alpha value is -2.09. The second-order valence-electron chi connectivity index (χ2n) is 3.34. The fourth-order valence-electron chi connectivity index (χ4n) is 1.29. The number of hydrogen-bond acceptors (Lipinski definition) is 6. The summed E-state index contributed by atoms with van der Waals surface area (Å²) >= 11 is 0. The van der Waals surface area contributed by atoms with Crippen LogP contribution in [0.25, 0.3) is 0 Å². The van der Waals surface area contributed by atoms with Gasteiger partial charge in [-0.25, -0.2) is 27.3 Å². The van der Waals surface area contributed by atoms with E-state index in [1.165, 1.54) is 0 Å². The van der Waals surface area contributed by atoms with E-state index < -0.39 is 49.8 Å². The van der Waals surface area contributed by atoms with Crippen LogP contribution in [0.15, 0.2) is 11.1 Å². The van der Waals surface area contributed by atoms with Gasteiger partial charge in [0.05, 0.1) is 11.1 Å². The standard InChI is InChI=1S/C7H4F5N3O5S/c8-6(9)3-5(21(13,18)19)4(15(16)17)2(1-14-3)20-7(10,11)12/h1,6H,(H2,13,18,19). The number of ether oxygens (including phenoxy) is 1. The smallest absolute Gasteiger partial charge is 0.397 e. The molecule has 0 bridgehead atoms. The number of nitro groups is 1. The SMILES string of the molecule is NS(=O)(=O)c1c(C(F)F)ncc(OC(F)(F)F)c1[N+](=O)[O-]. The van der Waals surface area contributed by atoms with Gasteiger partial charge in [-0.2, -0.15) is 0 Å². The Bertz CT molecular complexity index is 674. The van der Waals surface area contributed by atoms with Crippen LogP contribution in [0.4, 0.5) is 27.6 Å². The molecule has 0 saturated heterocycles. The van der Waals surface area contributed by atoms with Gasteiger partial charge in [-0.3, -0.25) is 10.1 Å². The zero-order chi connectivity index (χ0) is 16.6. The Morgan fingerprint density at radius 1 is 1.38 bits per heavy atom. The first-order valence-electron chi connectivity index (χ1n) is 4.58. The van der Waals surface area contributed by atoms with Crippen LogP contribution in [-0.2, 0) is 10.0 Å². The molecule has 0 spiro atoms. The number of aromatic nitrogens is 1. The number of sulfonamides is 1. The second-order valence-corrected chi connectivity index (χ2v) is 4.83.